The van der Waals surface area contributed by atoms with Crippen molar-refractivity contribution in [2.24, 2.45) is 0 Å². The largest absolute Gasteiger partial charge is 0.456 e. The van der Waals surface area contributed by atoms with Gasteiger partial charge >= 0.3 is 0 Å². The van der Waals surface area contributed by atoms with E-state index in [0.29, 0.717) is 0 Å². The molecule has 0 spiro atoms. The maximum atomic E-state index is 5.77. The molecule has 0 aliphatic rings. The summed E-state index contributed by atoms with van der Waals surface area (Å²) in [6, 6.07) is 12.1. The lowest BCUT2D eigenvalue weighted by atomic mass is 10.1. The highest BCUT2D eigenvalue weighted by atomic mass is 16.3. The SMILES string of the molecule is C=Cc1cc(-c2ccccc2)oc1/C=C\C. The molecule has 1 aromatic heterocycles. The number of hydrogen-bond acceptors (Lipinski definition) is 1. The van der Waals surface area contributed by atoms with Gasteiger partial charge in [-0.05, 0) is 19.1 Å². The molecule has 1 nitrogen and oxygen atoms in total. The molecule has 0 fully saturated rings. The van der Waals surface area contributed by atoms with Crippen molar-refractivity contribution in [3.63, 3.8) is 0 Å². The summed E-state index contributed by atoms with van der Waals surface area (Å²) in [6.07, 6.45) is 5.72. The smallest absolute Gasteiger partial charge is 0.135 e. The Morgan fingerprint density at radius 3 is 2.56 bits per heavy atom. The molecule has 1 heterocycles. The summed E-state index contributed by atoms with van der Waals surface area (Å²) in [7, 11) is 0. The maximum absolute atomic E-state index is 5.77. The first-order valence-corrected chi connectivity index (χ1v) is 5.29. The Kier molecular flexibility index (Phi) is 3.06. The molecule has 0 amide bonds. The second-order valence-corrected chi connectivity index (χ2v) is 3.50. The average molecular weight is 210 g/mol. The van der Waals surface area contributed by atoms with Crippen LogP contribution in [0.5, 0.6) is 0 Å². The quantitative estimate of drug-likeness (QED) is 0.720. The molecule has 2 rings (SSSR count). The van der Waals surface area contributed by atoms with Crippen molar-refractivity contribution < 1.29 is 4.42 Å². The fraction of sp³-hybridized carbons (Fsp3) is 0.0667. The number of furan rings is 1. The van der Waals surface area contributed by atoms with E-state index in [1.807, 2.05) is 61.5 Å². The first kappa shape index (κ1) is 10.5. The van der Waals surface area contributed by atoms with E-state index in [0.717, 1.165) is 22.6 Å². The Bertz CT molecular complexity index is 503. The summed E-state index contributed by atoms with van der Waals surface area (Å²) in [5, 5.41) is 0. The van der Waals surface area contributed by atoms with Crippen LogP contribution in [0, 0.1) is 0 Å². The number of benzene rings is 1. The lowest BCUT2D eigenvalue weighted by molar-refractivity contribution is 0.571. The van der Waals surface area contributed by atoms with Crippen LogP contribution in [0.15, 0.2) is 53.5 Å². The van der Waals surface area contributed by atoms with E-state index in [4.69, 9.17) is 4.42 Å². The molecule has 0 bridgehead atoms. The van der Waals surface area contributed by atoms with Gasteiger partial charge in [0.05, 0.1) is 0 Å². The van der Waals surface area contributed by atoms with Crippen molar-refractivity contribution >= 4 is 12.2 Å². The number of allylic oxidation sites excluding steroid dienone is 1. The molecule has 16 heavy (non-hydrogen) atoms. The van der Waals surface area contributed by atoms with Crippen molar-refractivity contribution in [1.82, 2.24) is 0 Å². The lowest BCUT2D eigenvalue weighted by Gasteiger charge is -1.94. The standard InChI is InChI=1S/C15H14O/c1-3-8-14-12(4-2)11-15(16-14)13-9-6-5-7-10-13/h3-11H,2H2,1H3/b8-3-. The molecular formula is C15H14O. The molecule has 0 aliphatic carbocycles. The molecule has 0 N–H and O–H groups in total. The molecule has 0 unspecified atom stereocenters. The van der Waals surface area contributed by atoms with Gasteiger partial charge in [-0.2, -0.15) is 0 Å². The number of rotatable bonds is 3. The van der Waals surface area contributed by atoms with Crippen LogP contribution in [0.4, 0.5) is 0 Å². The van der Waals surface area contributed by atoms with Crippen molar-refractivity contribution in [1.29, 1.82) is 0 Å². The van der Waals surface area contributed by atoms with Gasteiger partial charge in [0.1, 0.15) is 11.5 Å². The summed E-state index contributed by atoms with van der Waals surface area (Å²) >= 11 is 0. The highest BCUT2D eigenvalue weighted by Gasteiger charge is 2.07. The molecular weight excluding hydrogens is 196 g/mol. The molecule has 2 aromatic rings. The minimum atomic E-state index is 0.858. The molecule has 0 saturated heterocycles. The Balaban J connectivity index is 2.48. The van der Waals surface area contributed by atoms with Crippen LogP contribution in [0.25, 0.3) is 23.5 Å². The van der Waals surface area contributed by atoms with Crippen LogP contribution >= 0.6 is 0 Å². The van der Waals surface area contributed by atoms with Gasteiger partial charge < -0.3 is 4.42 Å². The Hall–Kier alpha value is -2.02. The van der Waals surface area contributed by atoms with Crippen molar-refractivity contribution in [3.8, 4) is 11.3 Å². The fourth-order valence-corrected chi connectivity index (χ4v) is 1.61. The predicted molar refractivity (Wildman–Crippen MR) is 68.9 cm³/mol. The summed E-state index contributed by atoms with van der Waals surface area (Å²) in [5.74, 6) is 1.74. The highest BCUT2D eigenvalue weighted by molar-refractivity contribution is 5.68. The summed E-state index contributed by atoms with van der Waals surface area (Å²) in [6.45, 7) is 5.76. The minimum Gasteiger partial charge on any atom is -0.456 e. The van der Waals surface area contributed by atoms with Crippen LogP contribution < -0.4 is 0 Å². The molecule has 0 aliphatic heterocycles. The van der Waals surface area contributed by atoms with Crippen molar-refractivity contribution in [2.45, 2.75) is 6.92 Å². The zero-order valence-electron chi connectivity index (χ0n) is 9.31. The zero-order chi connectivity index (χ0) is 11.4. The Morgan fingerprint density at radius 1 is 1.19 bits per heavy atom. The summed E-state index contributed by atoms with van der Waals surface area (Å²) in [4.78, 5) is 0. The lowest BCUT2D eigenvalue weighted by Crippen LogP contribution is -1.70. The van der Waals surface area contributed by atoms with Gasteiger partial charge in [-0.25, -0.2) is 0 Å². The zero-order valence-corrected chi connectivity index (χ0v) is 9.31. The molecule has 0 saturated carbocycles. The third kappa shape index (κ3) is 1.98. The van der Waals surface area contributed by atoms with Gasteiger partial charge in [-0.1, -0.05) is 49.1 Å². The number of hydrogen-bond donors (Lipinski definition) is 0. The fourth-order valence-electron chi connectivity index (χ4n) is 1.61. The minimum absolute atomic E-state index is 0.858. The second kappa shape index (κ2) is 4.67. The summed E-state index contributed by atoms with van der Waals surface area (Å²) < 4.78 is 5.77. The van der Waals surface area contributed by atoms with E-state index in [-0.39, 0.29) is 0 Å². The second-order valence-electron chi connectivity index (χ2n) is 3.50. The molecule has 1 heteroatoms. The van der Waals surface area contributed by atoms with E-state index in [1.54, 1.807) is 0 Å². The topological polar surface area (TPSA) is 13.1 Å². The monoisotopic (exact) mass is 210 g/mol. The highest BCUT2D eigenvalue weighted by Crippen LogP contribution is 2.27. The van der Waals surface area contributed by atoms with E-state index in [1.165, 1.54) is 0 Å². The Morgan fingerprint density at radius 2 is 1.94 bits per heavy atom. The van der Waals surface area contributed by atoms with Crippen LogP contribution in [-0.4, -0.2) is 0 Å². The van der Waals surface area contributed by atoms with Gasteiger partial charge in [-0.3, -0.25) is 0 Å². The third-order valence-electron chi connectivity index (χ3n) is 2.39. The van der Waals surface area contributed by atoms with Gasteiger partial charge in [0, 0.05) is 11.1 Å². The Labute approximate surface area is 95.7 Å². The van der Waals surface area contributed by atoms with Gasteiger partial charge in [0.25, 0.3) is 0 Å². The molecule has 0 atom stereocenters. The normalized spacial score (nSPS) is 10.8. The molecule has 80 valence electrons. The van der Waals surface area contributed by atoms with Crippen LogP contribution in [0.1, 0.15) is 18.2 Å². The van der Waals surface area contributed by atoms with Gasteiger partial charge in [-0.15, -0.1) is 0 Å². The van der Waals surface area contributed by atoms with E-state index >= 15 is 0 Å². The van der Waals surface area contributed by atoms with Crippen LogP contribution in [0.3, 0.4) is 0 Å². The average Bonchev–Trinajstić information content (AvgIpc) is 2.74. The van der Waals surface area contributed by atoms with E-state index in [9.17, 15) is 0 Å². The van der Waals surface area contributed by atoms with Crippen LogP contribution in [0.2, 0.25) is 0 Å². The first-order valence-electron chi connectivity index (χ1n) is 5.29. The van der Waals surface area contributed by atoms with Crippen molar-refractivity contribution in [2.75, 3.05) is 0 Å². The van der Waals surface area contributed by atoms with Gasteiger partial charge in [0.15, 0.2) is 0 Å². The molecule has 0 radical (unpaired) electrons. The van der Waals surface area contributed by atoms with Crippen molar-refractivity contribution in [3.05, 3.63) is 60.4 Å². The van der Waals surface area contributed by atoms with Crippen LogP contribution in [-0.2, 0) is 0 Å². The van der Waals surface area contributed by atoms with E-state index < -0.39 is 0 Å². The molecule has 1 aromatic carbocycles. The van der Waals surface area contributed by atoms with Gasteiger partial charge in [0.2, 0.25) is 0 Å². The summed E-state index contributed by atoms with van der Waals surface area (Å²) in [5.41, 5.74) is 2.11. The predicted octanol–water partition coefficient (Wildman–Crippen LogP) is 4.62. The third-order valence-corrected chi connectivity index (χ3v) is 2.39. The maximum Gasteiger partial charge on any atom is 0.135 e. The van der Waals surface area contributed by atoms with E-state index in [2.05, 4.69) is 6.58 Å². The first-order chi connectivity index (χ1) is 7.85.